The zero-order valence-electron chi connectivity index (χ0n) is 37.5. The number of fused-ring (bicyclic) bond motifs is 11. The van der Waals surface area contributed by atoms with Gasteiger partial charge in [-0.15, -0.1) is 0 Å². The fraction of sp³-hybridized carbons (Fsp3) is 0.224. The van der Waals surface area contributed by atoms with Gasteiger partial charge in [0.2, 0.25) is 0 Å². The maximum Gasteiger partial charge on any atom is 0.145 e. The molecule has 0 atom stereocenters. The molecule has 5 heteroatoms. The van der Waals surface area contributed by atoms with Crippen LogP contribution in [0.5, 0.6) is 0 Å². The Morgan fingerprint density at radius 3 is 1.89 bits per heavy atom. The summed E-state index contributed by atoms with van der Waals surface area (Å²) in [5, 5.41) is 17.7. The van der Waals surface area contributed by atoms with Gasteiger partial charge in [-0.05, 0) is 127 Å². The lowest BCUT2D eigenvalue weighted by Crippen LogP contribution is -2.10. The average Bonchev–Trinajstić information content (AvgIpc) is 4.01. The molecule has 0 spiro atoms. The lowest BCUT2D eigenvalue weighted by molar-refractivity contribution is 0.590. The Bertz CT molecular complexity index is 3520. The molecule has 6 aromatic carbocycles. The molecule has 1 aliphatic rings. The maximum atomic E-state index is 10.5. The summed E-state index contributed by atoms with van der Waals surface area (Å²) in [7, 11) is 0. The SMILES string of the molecule is CCc1c(/C=C(\C)n2c3ccccc3c3ccccc32)c2c3oc4c(c3ccc2n1-c1ccc(C#N)cc1-n1c2ccc(C(C)(C)C)cc2c2cc(C(C)(C)C)ccc21)CCC=C4. The van der Waals surface area contributed by atoms with Gasteiger partial charge in [0, 0.05) is 49.4 Å². The van der Waals surface area contributed by atoms with E-state index < -0.39 is 0 Å². The first-order chi connectivity index (χ1) is 30.4. The van der Waals surface area contributed by atoms with Crippen LogP contribution in [0, 0.1) is 11.3 Å². The molecular weight excluding hydrogens is 769 g/mol. The standard InChI is InChI=1S/C58H52N4O/c1-9-46-45(30-35(2)60-47-19-13-10-16-39(47)40-17-11-14-20-48(40)60)55-52(29-25-42-41-18-12-15-21-54(41)63-56(42)55)61(46)51-26-22-36(34-59)31-53(51)62-49-27-23-37(57(3,4)5)32-43(49)44-33-38(58(6,7)8)24-28-50(44)62/h10-11,13-17,19-33H,9,12,18H2,1-8H3/b35-30+. The molecule has 0 saturated heterocycles. The van der Waals surface area contributed by atoms with E-state index in [2.05, 4.69) is 203 Å². The number of aryl methyl sites for hydroxylation is 1. The molecular formula is C58H52N4O. The molecule has 0 N–H and O–H groups in total. The highest BCUT2D eigenvalue weighted by atomic mass is 16.3. The topological polar surface area (TPSA) is 51.7 Å². The molecule has 0 amide bonds. The van der Waals surface area contributed by atoms with Crippen LogP contribution in [0.4, 0.5) is 0 Å². The Labute approximate surface area is 368 Å². The molecule has 0 bridgehead atoms. The molecule has 1 aliphatic carbocycles. The smallest absolute Gasteiger partial charge is 0.145 e. The Balaban J connectivity index is 1.26. The third-order valence-corrected chi connectivity index (χ3v) is 13.6. The number of hydrogen-bond acceptors (Lipinski definition) is 2. The number of allylic oxidation sites excluding steroid dienone is 2. The van der Waals surface area contributed by atoms with Gasteiger partial charge < -0.3 is 18.1 Å². The number of rotatable bonds is 5. The Kier molecular flexibility index (Phi) is 8.63. The molecule has 0 radical (unpaired) electrons. The van der Waals surface area contributed by atoms with E-state index in [1.807, 2.05) is 6.07 Å². The van der Waals surface area contributed by atoms with Gasteiger partial charge in [0.1, 0.15) is 11.3 Å². The number of furan rings is 1. The second-order valence-corrected chi connectivity index (χ2v) is 19.5. The molecule has 63 heavy (non-hydrogen) atoms. The van der Waals surface area contributed by atoms with Crippen molar-refractivity contribution in [1.29, 1.82) is 5.26 Å². The fourth-order valence-corrected chi connectivity index (χ4v) is 10.4. The van der Waals surface area contributed by atoms with Crippen molar-refractivity contribution >= 4 is 83.3 Å². The van der Waals surface area contributed by atoms with Crippen molar-refractivity contribution in [3.63, 3.8) is 0 Å². The van der Waals surface area contributed by atoms with Crippen molar-refractivity contribution in [3.05, 3.63) is 161 Å². The van der Waals surface area contributed by atoms with Gasteiger partial charge in [0.05, 0.1) is 56.0 Å². The minimum atomic E-state index is -0.0241. The number of aromatic nitrogens is 3. The second-order valence-electron chi connectivity index (χ2n) is 19.5. The van der Waals surface area contributed by atoms with E-state index in [9.17, 15) is 5.26 Å². The predicted molar refractivity (Wildman–Crippen MR) is 266 cm³/mol. The summed E-state index contributed by atoms with van der Waals surface area (Å²) < 4.78 is 14.2. The number of benzene rings is 6. The minimum Gasteiger partial charge on any atom is -0.456 e. The summed E-state index contributed by atoms with van der Waals surface area (Å²) in [4.78, 5) is 0. The van der Waals surface area contributed by atoms with E-state index in [1.165, 1.54) is 60.3 Å². The van der Waals surface area contributed by atoms with Crippen LogP contribution in [0.2, 0.25) is 0 Å². The first-order valence-corrected chi connectivity index (χ1v) is 22.4. The first-order valence-electron chi connectivity index (χ1n) is 22.4. The van der Waals surface area contributed by atoms with Gasteiger partial charge in [-0.25, -0.2) is 0 Å². The van der Waals surface area contributed by atoms with Crippen molar-refractivity contribution in [2.45, 2.75) is 85.5 Å². The Hall–Kier alpha value is -7.03. The predicted octanol–water partition coefficient (Wildman–Crippen LogP) is 15.6. The summed E-state index contributed by atoms with van der Waals surface area (Å²) in [5.41, 5.74) is 16.5. The average molecular weight is 821 g/mol. The Morgan fingerprint density at radius 1 is 0.667 bits per heavy atom. The third-order valence-electron chi connectivity index (χ3n) is 13.6. The van der Waals surface area contributed by atoms with Gasteiger partial charge in [-0.1, -0.05) is 103 Å². The van der Waals surface area contributed by atoms with E-state index in [1.54, 1.807) is 0 Å². The lowest BCUT2D eigenvalue weighted by Gasteiger charge is -2.20. The molecule has 4 heterocycles. The molecule has 0 unspecified atom stereocenters. The van der Waals surface area contributed by atoms with E-state index in [-0.39, 0.29) is 10.8 Å². The molecule has 10 aromatic rings. The summed E-state index contributed by atoms with van der Waals surface area (Å²) in [5.74, 6) is 0.956. The largest absolute Gasteiger partial charge is 0.456 e. The van der Waals surface area contributed by atoms with Crippen molar-refractivity contribution in [2.75, 3.05) is 0 Å². The number of nitriles is 1. The zero-order chi connectivity index (χ0) is 43.5. The van der Waals surface area contributed by atoms with Crippen LogP contribution < -0.4 is 0 Å². The van der Waals surface area contributed by atoms with Gasteiger partial charge in [0.15, 0.2) is 0 Å². The van der Waals surface area contributed by atoms with Crippen LogP contribution in [0.15, 0.2) is 126 Å². The monoisotopic (exact) mass is 820 g/mol. The number of para-hydroxylation sites is 2. The van der Waals surface area contributed by atoms with Crippen molar-refractivity contribution in [2.24, 2.45) is 0 Å². The first kappa shape index (κ1) is 38.9. The summed E-state index contributed by atoms with van der Waals surface area (Å²) in [6, 6.07) is 44.6. The van der Waals surface area contributed by atoms with Crippen molar-refractivity contribution in [1.82, 2.24) is 13.7 Å². The minimum absolute atomic E-state index is 0.0241. The summed E-state index contributed by atoms with van der Waals surface area (Å²) >= 11 is 0. The summed E-state index contributed by atoms with van der Waals surface area (Å²) in [6.07, 6.45) is 9.49. The van der Waals surface area contributed by atoms with Crippen molar-refractivity contribution < 1.29 is 4.42 Å². The molecule has 5 nitrogen and oxygen atoms in total. The highest BCUT2D eigenvalue weighted by Crippen LogP contribution is 2.45. The normalized spacial score (nSPS) is 13.7. The third kappa shape index (κ3) is 5.88. The zero-order valence-corrected chi connectivity index (χ0v) is 37.5. The molecule has 310 valence electrons. The van der Waals surface area contributed by atoms with Crippen LogP contribution in [0.1, 0.15) is 101 Å². The lowest BCUT2D eigenvalue weighted by atomic mass is 9.85. The van der Waals surface area contributed by atoms with E-state index in [0.29, 0.717) is 5.56 Å². The van der Waals surface area contributed by atoms with Gasteiger partial charge >= 0.3 is 0 Å². The van der Waals surface area contributed by atoms with E-state index in [4.69, 9.17) is 4.42 Å². The quantitative estimate of drug-likeness (QED) is 0.174. The Morgan fingerprint density at radius 2 is 1.29 bits per heavy atom. The molecule has 0 fully saturated rings. The van der Waals surface area contributed by atoms with Crippen molar-refractivity contribution in [3.8, 4) is 17.4 Å². The fourth-order valence-electron chi connectivity index (χ4n) is 10.4. The van der Waals surface area contributed by atoms with E-state index >= 15 is 0 Å². The second kappa shape index (κ2) is 14.0. The van der Waals surface area contributed by atoms with Crippen LogP contribution >= 0.6 is 0 Å². The van der Waals surface area contributed by atoms with Crippen LogP contribution in [-0.4, -0.2) is 13.7 Å². The maximum absolute atomic E-state index is 10.5. The van der Waals surface area contributed by atoms with Crippen LogP contribution in [0.25, 0.3) is 94.7 Å². The highest BCUT2D eigenvalue weighted by molar-refractivity contribution is 6.15. The van der Waals surface area contributed by atoms with Crippen LogP contribution in [-0.2, 0) is 23.7 Å². The summed E-state index contributed by atoms with van der Waals surface area (Å²) in [6.45, 7) is 18.2. The molecule has 11 rings (SSSR count). The molecule has 0 aliphatic heterocycles. The van der Waals surface area contributed by atoms with E-state index in [0.717, 1.165) is 75.2 Å². The highest BCUT2D eigenvalue weighted by Gasteiger charge is 2.27. The molecule has 0 saturated carbocycles. The van der Waals surface area contributed by atoms with Gasteiger partial charge in [-0.3, -0.25) is 0 Å². The van der Waals surface area contributed by atoms with Gasteiger partial charge in [0.25, 0.3) is 0 Å². The molecule has 4 aromatic heterocycles. The number of nitrogens with zero attached hydrogens (tertiary/aromatic N) is 4. The number of hydrogen-bond donors (Lipinski definition) is 0. The van der Waals surface area contributed by atoms with Crippen LogP contribution in [0.3, 0.4) is 0 Å². The van der Waals surface area contributed by atoms with Gasteiger partial charge in [-0.2, -0.15) is 5.26 Å².